The highest BCUT2D eigenvalue weighted by Crippen LogP contribution is 2.38. The second kappa shape index (κ2) is 6.45. The van der Waals surface area contributed by atoms with Crippen LogP contribution in [0, 0.1) is 6.92 Å². The molecule has 21 heavy (non-hydrogen) atoms. The lowest BCUT2D eigenvalue weighted by Gasteiger charge is -2.13. The van der Waals surface area contributed by atoms with Crippen molar-refractivity contribution in [3.05, 3.63) is 36.4 Å². The molecule has 1 aromatic heterocycles. The van der Waals surface area contributed by atoms with E-state index in [9.17, 15) is 8.42 Å². The summed E-state index contributed by atoms with van der Waals surface area (Å²) in [6.45, 7) is 1.75. The molecular weight excluding hydrogens is 466 g/mol. The Hall–Kier alpha value is -0.280. The molecule has 2 rings (SSSR count). The monoisotopic (exact) mass is 473 g/mol. The number of benzene rings is 1. The fourth-order valence-electron chi connectivity index (χ4n) is 1.74. The van der Waals surface area contributed by atoms with Gasteiger partial charge in [0.2, 0.25) is 0 Å². The first-order valence-electron chi connectivity index (χ1n) is 5.56. The van der Waals surface area contributed by atoms with Gasteiger partial charge in [0.25, 0.3) is 10.0 Å². The largest absolute Gasteiger partial charge is 0.493 e. The first-order valence-corrected chi connectivity index (χ1v) is 9.82. The second-order valence-corrected chi connectivity index (χ2v) is 9.62. The Morgan fingerprint density at radius 2 is 1.95 bits per heavy atom. The van der Waals surface area contributed by atoms with Crippen LogP contribution in [0.1, 0.15) is 4.88 Å². The van der Waals surface area contributed by atoms with Crippen LogP contribution in [-0.4, -0.2) is 15.5 Å². The zero-order valence-corrected chi connectivity index (χ0v) is 16.5. The topological polar surface area (TPSA) is 55.4 Å². The molecule has 0 aliphatic heterocycles. The van der Waals surface area contributed by atoms with Gasteiger partial charge < -0.3 is 4.74 Å². The highest BCUT2D eigenvalue weighted by molar-refractivity contribution is 9.11. The van der Waals surface area contributed by atoms with Crippen molar-refractivity contribution in [2.24, 2.45) is 0 Å². The minimum Gasteiger partial charge on any atom is -0.493 e. The summed E-state index contributed by atoms with van der Waals surface area (Å²) in [7, 11) is -2.26. The Morgan fingerprint density at radius 3 is 2.48 bits per heavy atom. The third kappa shape index (κ3) is 3.73. The molecule has 0 spiro atoms. The number of methoxy groups -OCH3 is 1. The molecular formula is C12H10Br2ClNO3S2. The fourth-order valence-corrected chi connectivity index (χ4v) is 6.18. The van der Waals surface area contributed by atoms with Gasteiger partial charge in [0.1, 0.15) is 4.90 Å². The van der Waals surface area contributed by atoms with Crippen LogP contribution in [0.25, 0.3) is 0 Å². The van der Waals surface area contributed by atoms with Crippen molar-refractivity contribution >= 4 is 70.5 Å². The van der Waals surface area contributed by atoms with E-state index in [1.54, 1.807) is 19.1 Å². The lowest BCUT2D eigenvalue weighted by atomic mass is 10.3. The number of thiophene rings is 1. The summed E-state index contributed by atoms with van der Waals surface area (Å²) in [5, 5.41) is 0.392. The van der Waals surface area contributed by atoms with E-state index in [-0.39, 0.29) is 10.6 Å². The van der Waals surface area contributed by atoms with E-state index in [2.05, 4.69) is 36.6 Å². The molecule has 1 aromatic carbocycles. The van der Waals surface area contributed by atoms with E-state index in [4.69, 9.17) is 16.3 Å². The van der Waals surface area contributed by atoms with E-state index in [1.807, 2.05) is 0 Å². The van der Waals surface area contributed by atoms with Crippen LogP contribution in [0.3, 0.4) is 0 Å². The average Bonchev–Trinajstić information content (AvgIpc) is 2.68. The van der Waals surface area contributed by atoms with Crippen LogP contribution in [0.5, 0.6) is 5.75 Å². The van der Waals surface area contributed by atoms with Gasteiger partial charge in [-0.05, 0) is 57.0 Å². The van der Waals surface area contributed by atoms with Gasteiger partial charge in [0.05, 0.1) is 21.1 Å². The van der Waals surface area contributed by atoms with E-state index >= 15 is 0 Å². The molecule has 0 saturated heterocycles. The summed E-state index contributed by atoms with van der Waals surface area (Å²) < 4.78 is 34.0. The molecule has 4 nitrogen and oxygen atoms in total. The molecule has 0 amide bonds. The van der Waals surface area contributed by atoms with Gasteiger partial charge in [-0.2, -0.15) is 0 Å². The minimum absolute atomic E-state index is 0.220. The number of halogens is 3. The Kier molecular flexibility index (Phi) is 5.25. The zero-order valence-electron chi connectivity index (χ0n) is 10.9. The van der Waals surface area contributed by atoms with Crippen molar-refractivity contribution in [3.63, 3.8) is 0 Å². The van der Waals surface area contributed by atoms with Crippen LogP contribution in [-0.2, 0) is 10.0 Å². The van der Waals surface area contributed by atoms with Crippen molar-refractivity contribution < 1.29 is 13.2 Å². The number of hydrogen-bond acceptors (Lipinski definition) is 4. The lowest BCUT2D eigenvalue weighted by molar-refractivity contribution is 0.414. The normalized spacial score (nSPS) is 11.5. The maximum absolute atomic E-state index is 12.5. The molecule has 0 aliphatic rings. The average molecular weight is 476 g/mol. The van der Waals surface area contributed by atoms with Gasteiger partial charge in [0, 0.05) is 9.90 Å². The first kappa shape index (κ1) is 17.1. The molecule has 114 valence electrons. The third-order valence-corrected chi connectivity index (χ3v) is 6.57. The fraction of sp³-hybridized carbons (Fsp3) is 0.167. The summed E-state index contributed by atoms with van der Waals surface area (Å²) in [4.78, 5) is 0.909. The van der Waals surface area contributed by atoms with Crippen molar-refractivity contribution in [2.75, 3.05) is 11.8 Å². The first-order chi connectivity index (χ1) is 9.74. The minimum atomic E-state index is -3.72. The summed E-state index contributed by atoms with van der Waals surface area (Å²) in [6, 6.07) is 4.69. The summed E-state index contributed by atoms with van der Waals surface area (Å²) >= 11 is 13.9. The molecule has 0 fully saturated rings. The van der Waals surface area contributed by atoms with Gasteiger partial charge in [-0.15, -0.1) is 11.3 Å². The number of anilines is 1. The van der Waals surface area contributed by atoms with Crippen LogP contribution in [0.15, 0.2) is 31.4 Å². The number of nitrogens with one attached hydrogen (secondary N) is 1. The number of aryl methyl sites for hydroxylation is 1. The SMILES string of the molecule is COc1c(Br)cc(Cl)cc1NS(=O)(=O)c1cc(Br)sc1C. The summed E-state index contributed by atoms with van der Waals surface area (Å²) in [5.74, 6) is 0.370. The summed E-state index contributed by atoms with van der Waals surface area (Å²) in [6.07, 6.45) is 0. The van der Waals surface area contributed by atoms with Gasteiger partial charge in [-0.3, -0.25) is 4.72 Å². The van der Waals surface area contributed by atoms with E-state index in [1.165, 1.54) is 24.5 Å². The smallest absolute Gasteiger partial charge is 0.263 e. The molecule has 0 aliphatic carbocycles. The van der Waals surface area contributed by atoms with Gasteiger partial charge in [0.15, 0.2) is 5.75 Å². The number of rotatable bonds is 4. The Labute approximate surface area is 148 Å². The predicted molar refractivity (Wildman–Crippen MR) is 93.3 cm³/mol. The molecule has 9 heteroatoms. The van der Waals surface area contributed by atoms with E-state index in [0.29, 0.717) is 20.1 Å². The molecule has 0 unspecified atom stereocenters. The molecule has 0 saturated carbocycles. The Morgan fingerprint density at radius 1 is 1.29 bits per heavy atom. The van der Waals surface area contributed by atoms with Crippen LogP contribution in [0.2, 0.25) is 5.02 Å². The number of hydrogen-bond donors (Lipinski definition) is 1. The predicted octanol–water partition coefficient (Wildman–Crippen LogP) is 5.04. The van der Waals surface area contributed by atoms with Crippen molar-refractivity contribution in [3.8, 4) is 5.75 Å². The van der Waals surface area contributed by atoms with Gasteiger partial charge in [-0.1, -0.05) is 11.6 Å². The quantitative estimate of drug-likeness (QED) is 0.674. The van der Waals surface area contributed by atoms with E-state index < -0.39 is 10.0 Å². The molecule has 1 heterocycles. The highest BCUT2D eigenvalue weighted by Gasteiger charge is 2.22. The Bertz CT molecular complexity index is 790. The molecule has 0 atom stereocenters. The maximum atomic E-state index is 12.5. The third-order valence-electron chi connectivity index (χ3n) is 2.59. The summed E-state index contributed by atoms with van der Waals surface area (Å²) in [5.41, 5.74) is 0.276. The van der Waals surface area contributed by atoms with Crippen LogP contribution < -0.4 is 9.46 Å². The highest BCUT2D eigenvalue weighted by atomic mass is 79.9. The Balaban J connectivity index is 2.49. The standard InChI is InChI=1S/C12H10Br2ClNO3S2/c1-6-10(5-11(14)20-6)21(17,18)16-9-4-7(15)3-8(13)12(9)19-2/h3-5,16H,1-2H3. The molecule has 0 radical (unpaired) electrons. The van der Waals surface area contributed by atoms with Gasteiger partial charge in [-0.25, -0.2) is 8.42 Å². The van der Waals surface area contributed by atoms with Crippen molar-refractivity contribution in [2.45, 2.75) is 11.8 Å². The van der Waals surface area contributed by atoms with Gasteiger partial charge >= 0.3 is 0 Å². The second-order valence-electron chi connectivity index (χ2n) is 4.04. The van der Waals surface area contributed by atoms with Crippen molar-refractivity contribution in [1.82, 2.24) is 0 Å². The zero-order chi connectivity index (χ0) is 15.8. The molecule has 2 aromatic rings. The van der Waals surface area contributed by atoms with E-state index in [0.717, 1.165) is 3.79 Å². The van der Waals surface area contributed by atoms with Crippen LogP contribution >= 0.6 is 54.8 Å². The number of sulfonamides is 1. The molecule has 1 N–H and O–H groups in total. The van der Waals surface area contributed by atoms with Crippen molar-refractivity contribution in [1.29, 1.82) is 0 Å². The maximum Gasteiger partial charge on any atom is 0.263 e. The lowest BCUT2D eigenvalue weighted by Crippen LogP contribution is -2.14. The number of ether oxygens (including phenoxy) is 1. The van der Waals surface area contributed by atoms with Crippen LogP contribution in [0.4, 0.5) is 5.69 Å². The molecule has 0 bridgehead atoms.